The molecule has 0 aliphatic rings. The highest BCUT2D eigenvalue weighted by molar-refractivity contribution is 9.10. The molecule has 5 nitrogen and oxygen atoms in total. The molecule has 1 heterocycles. The van der Waals surface area contributed by atoms with Gasteiger partial charge in [0.15, 0.2) is 6.04 Å². The Hall–Kier alpha value is -1.82. The molecule has 6 heteroatoms. The molecule has 0 aliphatic heterocycles. The lowest BCUT2D eigenvalue weighted by Crippen LogP contribution is -2.24. The summed E-state index contributed by atoms with van der Waals surface area (Å²) in [5, 5.41) is 3.18. The van der Waals surface area contributed by atoms with Gasteiger partial charge in [-0.2, -0.15) is 0 Å². The minimum Gasteiger partial charge on any atom is -0.467 e. The minimum absolute atomic E-state index is 0.344. The summed E-state index contributed by atoms with van der Waals surface area (Å²) in [5.41, 5.74) is 1.62. The number of aromatic nitrogens is 2. The van der Waals surface area contributed by atoms with E-state index in [1.165, 1.54) is 7.11 Å². The van der Waals surface area contributed by atoms with Crippen molar-refractivity contribution in [3.05, 3.63) is 47.0 Å². The lowest BCUT2D eigenvalue weighted by Gasteiger charge is -2.19. The van der Waals surface area contributed by atoms with Gasteiger partial charge >= 0.3 is 5.97 Å². The third-order valence-electron chi connectivity index (χ3n) is 2.97. The molecule has 0 aliphatic carbocycles. The number of aryl methyl sites for hydroxylation is 1. The number of esters is 1. The van der Waals surface area contributed by atoms with Crippen molar-refractivity contribution < 1.29 is 9.53 Å². The molecule has 0 fully saturated rings. The molecule has 1 N–H and O–H groups in total. The number of ether oxygens (including phenoxy) is 1. The summed E-state index contributed by atoms with van der Waals surface area (Å²) in [7, 11) is 1.38. The Morgan fingerprint density at radius 2 is 2.15 bits per heavy atom. The second-order valence-electron chi connectivity index (χ2n) is 4.21. The van der Waals surface area contributed by atoms with Crippen LogP contribution in [0.15, 0.2) is 41.3 Å². The zero-order chi connectivity index (χ0) is 14.5. The minimum atomic E-state index is -0.580. The number of halogens is 1. The Morgan fingerprint density at radius 1 is 1.45 bits per heavy atom. The predicted octanol–water partition coefficient (Wildman–Crippen LogP) is 2.99. The van der Waals surface area contributed by atoms with Gasteiger partial charge in [-0.1, -0.05) is 15.9 Å². The predicted molar refractivity (Wildman–Crippen MR) is 80.4 cm³/mol. The maximum atomic E-state index is 12.0. The summed E-state index contributed by atoms with van der Waals surface area (Å²) in [6.45, 7) is 2.74. The van der Waals surface area contributed by atoms with Crippen molar-refractivity contribution in [2.45, 2.75) is 19.5 Å². The number of imidazole rings is 1. The number of carbonyl (C=O) groups is 1. The molecule has 0 spiro atoms. The number of carbonyl (C=O) groups excluding carboxylic acids is 1. The molecule has 1 aromatic heterocycles. The summed E-state index contributed by atoms with van der Waals surface area (Å²) in [5.74, 6) is -0.344. The van der Waals surface area contributed by atoms with Crippen LogP contribution >= 0.6 is 15.9 Å². The summed E-state index contributed by atoms with van der Waals surface area (Å²) < 4.78 is 7.77. The first-order valence-corrected chi connectivity index (χ1v) is 7.05. The Labute approximate surface area is 126 Å². The monoisotopic (exact) mass is 337 g/mol. The van der Waals surface area contributed by atoms with Crippen molar-refractivity contribution in [2.75, 3.05) is 12.4 Å². The van der Waals surface area contributed by atoms with Crippen LogP contribution < -0.4 is 5.32 Å². The van der Waals surface area contributed by atoms with E-state index >= 15 is 0 Å². The van der Waals surface area contributed by atoms with Crippen molar-refractivity contribution in [1.29, 1.82) is 0 Å². The van der Waals surface area contributed by atoms with Crippen LogP contribution in [-0.2, 0) is 16.1 Å². The summed E-state index contributed by atoms with van der Waals surface area (Å²) in [4.78, 5) is 16.1. The molecular weight excluding hydrogens is 322 g/mol. The molecule has 0 radical (unpaired) electrons. The highest BCUT2D eigenvalue weighted by Crippen LogP contribution is 2.22. The zero-order valence-electron chi connectivity index (χ0n) is 11.3. The number of nitrogens with one attached hydrogen (secondary N) is 1. The van der Waals surface area contributed by atoms with E-state index in [4.69, 9.17) is 4.74 Å². The molecular formula is C14H16BrN3O2. The molecule has 2 rings (SSSR count). The third-order valence-corrected chi connectivity index (χ3v) is 3.50. The first-order valence-electron chi connectivity index (χ1n) is 6.25. The van der Waals surface area contributed by atoms with Crippen molar-refractivity contribution in [1.82, 2.24) is 9.55 Å². The van der Waals surface area contributed by atoms with Gasteiger partial charge in [0, 0.05) is 16.7 Å². The van der Waals surface area contributed by atoms with Crippen LogP contribution in [0.1, 0.15) is 18.7 Å². The largest absolute Gasteiger partial charge is 0.467 e. The van der Waals surface area contributed by atoms with E-state index in [0.717, 1.165) is 22.4 Å². The van der Waals surface area contributed by atoms with E-state index in [0.29, 0.717) is 0 Å². The standard InChI is InChI=1S/C14H16BrN3O2/c1-3-18-9-16-8-12(18)13(14(19)20-2)17-11-6-4-10(15)5-7-11/h4-9,13,17H,3H2,1-2H3. The zero-order valence-corrected chi connectivity index (χ0v) is 12.9. The fraction of sp³-hybridized carbons (Fsp3) is 0.286. The average molecular weight is 338 g/mol. The van der Waals surface area contributed by atoms with Gasteiger partial charge in [-0.15, -0.1) is 0 Å². The summed E-state index contributed by atoms with van der Waals surface area (Å²) in [6, 6.07) is 7.03. The lowest BCUT2D eigenvalue weighted by atomic mass is 10.2. The SMILES string of the molecule is CCn1cncc1C(Nc1ccc(Br)cc1)C(=O)OC. The van der Waals surface area contributed by atoms with Crippen LogP contribution in [0.2, 0.25) is 0 Å². The molecule has 1 unspecified atom stereocenters. The second kappa shape index (κ2) is 6.56. The molecule has 0 saturated heterocycles. The number of methoxy groups -OCH3 is 1. The van der Waals surface area contributed by atoms with Gasteiger partial charge in [-0.3, -0.25) is 0 Å². The normalized spacial score (nSPS) is 11.9. The van der Waals surface area contributed by atoms with E-state index in [1.807, 2.05) is 35.8 Å². The van der Waals surface area contributed by atoms with Crippen LogP contribution in [0.25, 0.3) is 0 Å². The maximum Gasteiger partial charge on any atom is 0.334 e. The van der Waals surface area contributed by atoms with Gasteiger partial charge in [0.2, 0.25) is 0 Å². The fourth-order valence-electron chi connectivity index (χ4n) is 1.92. The Bertz CT molecular complexity index is 580. The van der Waals surface area contributed by atoms with Crippen molar-refractivity contribution in [3.63, 3.8) is 0 Å². The van der Waals surface area contributed by atoms with Crippen LogP contribution in [0.4, 0.5) is 5.69 Å². The first kappa shape index (κ1) is 14.6. The Balaban J connectivity index is 2.29. The number of rotatable bonds is 5. The van der Waals surface area contributed by atoms with Gasteiger partial charge in [0.25, 0.3) is 0 Å². The van der Waals surface area contributed by atoms with Crippen LogP contribution in [-0.4, -0.2) is 22.6 Å². The number of nitrogens with zero attached hydrogens (tertiary/aromatic N) is 2. The third kappa shape index (κ3) is 3.19. The number of hydrogen-bond donors (Lipinski definition) is 1. The van der Waals surface area contributed by atoms with E-state index in [9.17, 15) is 4.79 Å². The first-order chi connectivity index (χ1) is 9.65. The number of benzene rings is 1. The lowest BCUT2D eigenvalue weighted by molar-refractivity contribution is -0.141. The molecule has 0 amide bonds. The van der Waals surface area contributed by atoms with Gasteiger partial charge in [-0.05, 0) is 31.2 Å². The smallest absolute Gasteiger partial charge is 0.334 e. The quantitative estimate of drug-likeness (QED) is 0.852. The molecule has 0 saturated carbocycles. The number of hydrogen-bond acceptors (Lipinski definition) is 4. The highest BCUT2D eigenvalue weighted by Gasteiger charge is 2.24. The van der Waals surface area contributed by atoms with Crippen LogP contribution in [0.5, 0.6) is 0 Å². The molecule has 1 aromatic carbocycles. The summed E-state index contributed by atoms with van der Waals surface area (Å²) >= 11 is 3.38. The summed E-state index contributed by atoms with van der Waals surface area (Å²) in [6.07, 6.45) is 3.38. The van der Waals surface area contributed by atoms with Gasteiger partial charge in [-0.25, -0.2) is 9.78 Å². The van der Waals surface area contributed by atoms with Gasteiger partial charge < -0.3 is 14.6 Å². The molecule has 20 heavy (non-hydrogen) atoms. The van der Waals surface area contributed by atoms with Crippen molar-refractivity contribution in [3.8, 4) is 0 Å². The molecule has 1 atom stereocenters. The van der Waals surface area contributed by atoms with E-state index in [1.54, 1.807) is 12.5 Å². The van der Waals surface area contributed by atoms with E-state index < -0.39 is 6.04 Å². The van der Waals surface area contributed by atoms with Gasteiger partial charge in [0.05, 0.1) is 25.3 Å². The Morgan fingerprint density at radius 3 is 2.75 bits per heavy atom. The molecule has 106 valence electrons. The second-order valence-corrected chi connectivity index (χ2v) is 5.13. The highest BCUT2D eigenvalue weighted by atomic mass is 79.9. The maximum absolute atomic E-state index is 12.0. The number of anilines is 1. The van der Waals surface area contributed by atoms with Crippen molar-refractivity contribution in [2.24, 2.45) is 0 Å². The Kier molecular flexibility index (Phi) is 4.79. The van der Waals surface area contributed by atoms with Crippen molar-refractivity contribution >= 4 is 27.6 Å². The van der Waals surface area contributed by atoms with E-state index in [-0.39, 0.29) is 5.97 Å². The van der Waals surface area contributed by atoms with Crippen LogP contribution in [0, 0.1) is 0 Å². The molecule has 0 bridgehead atoms. The van der Waals surface area contributed by atoms with Crippen LogP contribution in [0.3, 0.4) is 0 Å². The van der Waals surface area contributed by atoms with E-state index in [2.05, 4.69) is 26.2 Å². The average Bonchev–Trinajstić information content (AvgIpc) is 2.94. The van der Waals surface area contributed by atoms with Gasteiger partial charge in [0.1, 0.15) is 0 Å². The topological polar surface area (TPSA) is 56.2 Å². The molecule has 2 aromatic rings. The fourth-order valence-corrected chi connectivity index (χ4v) is 2.18.